The van der Waals surface area contributed by atoms with E-state index in [9.17, 15) is 14.7 Å². The number of amides is 2. The molecule has 0 radical (unpaired) electrons. The molecule has 2 aromatic carbocycles. The minimum absolute atomic E-state index is 0.117. The molecule has 0 saturated carbocycles. The monoisotopic (exact) mass is 406 g/mol. The van der Waals surface area contributed by atoms with Crippen molar-refractivity contribution >= 4 is 34.1 Å². The van der Waals surface area contributed by atoms with Crippen molar-refractivity contribution in [3.05, 3.63) is 47.7 Å². The van der Waals surface area contributed by atoms with E-state index in [1.165, 1.54) is 10.9 Å². The van der Waals surface area contributed by atoms with Gasteiger partial charge in [-0.2, -0.15) is 5.10 Å². The van der Waals surface area contributed by atoms with Gasteiger partial charge in [-0.05, 0) is 36.1 Å². The van der Waals surface area contributed by atoms with Crippen LogP contribution in [-0.2, 0) is 7.05 Å². The first-order valence-electron chi connectivity index (χ1n) is 9.75. The molecule has 4 rings (SSSR count). The van der Waals surface area contributed by atoms with Gasteiger partial charge in [0.25, 0.3) is 11.8 Å². The summed E-state index contributed by atoms with van der Waals surface area (Å²) in [6.45, 7) is 1.32. The van der Waals surface area contributed by atoms with Gasteiger partial charge in [0.05, 0.1) is 11.8 Å². The minimum atomic E-state index is -0.680. The molecule has 1 aliphatic heterocycles. The molecule has 3 aromatic rings. The van der Waals surface area contributed by atoms with Gasteiger partial charge in [0, 0.05) is 20.1 Å². The molecule has 30 heavy (non-hydrogen) atoms. The molecular formula is C21H22N6O3. The van der Waals surface area contributed by atoms with Gasteiger partial charge in [-0.1, -0.05) is 24.3 Å². The highest BCUT2D eigenvalue weighted by molar-refractivity contribution is 6.11. The number of aryl methyl sites for hydroxylation is 1. The lowest BCUT2D eigenvalue weighted by molar-refractivity contribution is 0.0723. The topological polar surface area (TPSA) is 126 Å². The Bertz CT molecular complexity index is 1160. The van der Waals surface area contributed by atoms with Crippen LogP contribution >= 0.6 is 0 Å². The molecule has 0 aliphatic carbocycles. The molecule has 0 unspecified atom stereocenters. The molecule has 0 atom stereocenters. The van der Waals surface area contributed by atoms with Crippen LogP contribution in [0.2, 0.25) is 0 Å². The molecule has 1 aromatic heterocycles. The summed E-state index contributed by atoms with van der Waals surface area (Å²) < 4.78 is 1.36. The molecule has 3 N–H and O–H groups in total. The minimum Gasteiger partial charge on any atom is -0.505 e. The molecular weight excluding hydrogens is 384 g/mol. The number of nitrogens with two attached hydrogens (primary N) is 1. The highest BCUT2D eigenvalue weighted by Gasteiger charge is 2.25. The van der Waals surface area contributed by atoms with Crippen LogP contribution in [-0.4, -0.2) is 44.7 Å². The Morgan fingerprint density at radius 3 is 2.60 bits per heavy atom. The molecule has 0 spiro atoms. The third kappa shape index (κ3) is 3.49. The standard InChI is InChI=1S/C21H22N6O3/c1-26-20(15(12-23-26)19(22)29)25-24-16-11-13-7-3-4-8-14(13)17(18(16)28)21(30)27-9-5-2-6-10-27/h3-4,7-8,11-12,28H,2,5-6,9-10H2,1H3,(H2,22,29). The molecule has 9 heteroatoms. The van der Waals surface area contributed by atoms with Gasteiger partial charge >= 0.3 is 0 Å². The predicted molar refractivity (Wildman–Crippen MR) is 111 cm³/mol. The van der Waals surface area contributed by atoms with Crippen molar-refractivity contribution in [3.63, 3.8) is 0 Å². The van der Waals surface area contributed by atoms with E-state index in [0.717, 1.165) is 24.6 Å². The van der Waals surface area contributed by atoms with Crippen molar-refractivity contribution in [2.45, 2.75) is 19.3 Å². The lowest BCUT2D eigenvalue weighted by Gasteiger charge is -2.27. The Hall–Kier alpha value is -3.75. The fourth-order valence-corrected chi connectivity index (χ4v) is 3.69. The number of carbonyl (C=O) groups is 2. The molecule has 1 aliphatic rings. The average Bonchev–Trinajstić information content (AvgIpc) is 3.13. The molecule has 1 fully saturated rings. The Balaban J connectivity index is 1.82. The van der Waals surface area contributed by atoms with Gasteiger partial charge < -0.3 is 15.7 Å². The van der Waals surface area contributed by atoms with Crippen LogP contribution in [0, 0.1) is 0 Å². The summed E-state index contributed by atoms with van der Waals surface area (Å²) in [5.74, 6) is -0.977. The third-order valence-corrected chi connectivity index (χ3v) is 5.28. The van der Waals surface area contributed by atoms with Crippen molar-refractivity contribution in [1.29, 1.82) is 0 Å². The highest BCUT2D eigenvalue weighted by atomic mass is 16.3. The van der Waals surface area contributed by atoms with Crippen LogP contribution in [0.1, 0.15) is 40.0 Å². The normalized spacial score (nSPS) is 14.5. The molecule has 2 amide bonds. The van der Waals surface area contributed by atoms with Gasteiger partial charge in [0.1, 0.15) is 11.3 Å². The van der Waals surface area contributed by atoms with Crippen LogP contribution in [0.3, 0.4) is 0 Å². The predicted octanol–water partition coefficient (Wildman–Crippen LogP) is 3.42. The van der Waals surface area contributed by atoms with Gasteiger partial charge in [0.15, 0.2) is 11.6 Å². The van der Waals surface area contributed by atoms with E-state index >= 15 is 0 Å². The first kappa shape index (κ1) is 19.6. The number of piperidine rings is 1. The number of nitrogens with zero attached hydrogens (tertiary/aromatic N) is 5. The van der Waals surface area contributed by atoms with Crippen molar-refractivity contribution in [1.82, 2.24) is 14.7 Å². The first-order chi connectivity index (χ1) is 14.5. The van der Waals surface area contributed by atoms with Gasteiger partial charge in [-0.3, -0.25) is 9.59 Å². The number of phenolic OH excluding ortho intramolecular Hbond substituents is 1. The largest absolute Gasteiger partial charge is 0.505 e. The van der Waals surface area contributed by atoms with Crippen molar-refractivity contribution in [2.75, 3.05) is 13.1 Å². The number of likely N-dealkylation sites (tertiary alicyclic amines) is 1. The van der Waals surface area contributed by atoms with Gasteiger partial charge in [0.2, 0.25) is 0 Å². The zero-order valence-electron chi connectivity index (χ0n) is 16.6. The fourth-order valence-electron chi connectivity index (χ4n) is 3.69. The van der Waals surface area contributed by atoms with E-state index in [-0.39, 0.29) is 34.3 Å². The summed E-state index contributed by atoms with van der Waals surface area (Å²) >= 11 is 0. The number of carbonyl (C=O) groups excluding carboxylic acids is 2. The highest BCUT2D eigenvalue weighted by Crippen LogP contribution is 2.39. The zero-order valence-corrected chi connectivity index (χ0v) is 16.6. The third-order valence-electron chi connectivity index (χ3n) is 5.28. The Morgan fingerprint density at radius 2 is 1.87 bits per heavy atom. The Morgan fingerprint density at radius 1 is 1.13 bits per heavy atom. The van der Waals surface area contributed by atoms with E-state index in [1.54, 1.807) is 24.1 Å². The molecule has 1 saturated heterocycles. The van der Waals surface area contributed by atoms with Crippen LogP contribution in [0.5, 0.6) is 5.75 Å². The number of aromatic nitrogens is 2. The van der Waals surface area contributed by atoms with Crippen LogP contribution in [0.15, 0.2) is 46.8 Å². The van der Waals surface area contributed by atoms with E-state index in [0.29, 0.717) is 18.5 Å². The molecule has 154 valence electrons. The SMILES string of the molecule is Cn1ncc(C(N)=O)c1N=Nc1cc2ccccc2c(C(=O)N2CCCCC2)c1O. The summed E-state index contributed by atoms with van der Waals surface area (Å²) in [4.78, 5) is 26.6. The summed E-state index contributed by atoms with van der Waals surface area (Å²) in [5, 5.41) is 24.5. The maximum absolute atomic E-state index is 13.2. The fraction of sp³-hybridized carbons (Fsp3) is 0.286. The average molecular weight is 406 g/mol. The smallest absolute Gasteiger partial charge is 0.258 e. The lowest BCUT2D eigenvalue weighted by Crippen LogP contribution is -2.35. The number of benzene rings is 2. The number of phenols is 1. The maximum Gasteiger partial charge on any atom is 0.258 e. The second kappa shape index (κ2) is 7.94. The summed E-state index contributed by atoms with van der Waals surface area (Å²) in [6.07, 6.45) is 4.29. The van der Waals surface area contributed by atoms with E-state index in [4.69, 9.17) is 5.73 Å². The lowest BCUT2D eigenvalue weighted by atomic mass is 10.00. The number of azo groups is 1. The van der Waals surface area contributed by atoms with Crippen LogP contribution in [0.25, 0.3) is 10.8 Å². The van der Waals surface area contributed by atoms with Gasteiger partial charge in [-0.25, -0.2) is 4.68 Å². The number of hydrogen-bond donors (Lipinski definition) is 2. The number of fused-ring (bicyclic) bond motifs is 1. The van der Waals surface area contributed by atoms with E-state index in [1.807, 2.05) is 18.2 Å². The Labute approximate surface area is 172 Å². The van der Waals surface area contributed by atoms with Crippen molar-refractivity contribution in [2.24, 2.45) is 23.0 Å². The quantitative estimate of drug-likeness (QED) is 0.644. The number of primary amides is 1. The van der Waals surface area contributed by atoms with E-state index < -0.39 is 5.91 Å². The van der Waals surface area contributed by atoms with Crippen molar-refractivity contribution < 1.29 is 14.7 Å². The first-order valence-corrected chi connectivity index (χ1v) is 9.75. The van der Waals surface area contributed by atoms with E-state index in [2.05, 4.69) is 15.3 Å². The summed E-state index contributed by atoms with van der Waals surface area (Å²) in [7, 11) is 1.60. The molecule has 0 bridgehead atoms. The van der Waals surface area contributed by atoms with Gasteiger partial charge in [-0.15, -0.1) is 10.2 Å². The zero-order chi connectivity index (χ0) is 21.3. The molecule has 2 heterocycles. The number of rotatable bonds is 4. The van der Waals surface area contributed by atoms with Crippen LogP contribution in [0.4, 0.5) is 11.5 Å². The maximum atomic E-state index is 13.2. The Kier molecular flexibility index (Phi) is 5.18. The van der Waals surface area contributed by atoms with Crippen molar-refractivity contribution in [3.8, 4) is 5.75 Å². The van der Waals surface area contributed by atoms with Crippen LogP contribution < -0.4 is 5.73 Å². The summed E-state index contributed by atoms with van der Waals surface area (Å²) in [6, 6.07) is 8.98. The number of aromatic hydroxyl groups is 1. The summed E-state index contributed by atoms with van der Waals surface area (Å²) in [5.41, 5.74) is 5.81. The molecule has 9 nitrogen and oxygen atoms in total. The second-order valence-corrected chi connectivity index (χ2v) is 7.26. The second-order valence-electron chi connectivity index (χ2n) is 7.26. The number of hydrogen-bond acceptors (Lipinski definition) is 6.